The van der Waals surface area contributed by atoms with E-state index < -0.39 is 0 Å². The summed E-state index contributed by atoms with van der Waals surface area (Å²) in [5.74, 6) is 1.23. The predicted octanol–water partition coefficient (Wildman–Crippen LogP) is 1.87. The van der Waals surface area contributed by atoms with Crippen molar-refractivity contribution in [2.45, 2.75) is 43.8 Å². The predicted molar refractivity (Wildman–Crippen MR) is 65.4 cm³/mol. The Balaban J connectivity index is 2.13. The van der Waals surface area contributed by atoms with Crippen LogP contribution in [0.3, 0.4) is 0 Å². The molecule has 0 aliphatic heterocycles. The Labute approximate surface area is 97.3 Å². The fourth-order valence-corrected chi connectivity index (χ4v) is 3.18. The van der Waals surface area contributed by atoms with Crippen molar-refractivity contribution in [2.75, 3.05) is 26.5 Å². The zero-order valence-corrected chi connectivity index (χ0v) is 10.8. The third kappa shape index (κ3) is 4.72. The van der Waals surface area contributed by atoms with Crippen LogP contribution in [-0.2, 0) is 9.47 Å². The fraction of sp³-hybridized carbons (Fsp3) is 1.00. The van der Waals surface area contributed by atoms with Gasteiger partial charge in [-0.05, 0) is 25.0 Å². The Bertz CT molecular complexity index is 165. The number of methoxy groups -OCH3 is 2. The van der Waals surface area contributed by atoms with Crippen LogP contribution in [0.4, 0.5) is 0 Å². The molecule has 1 rings (SSSR count). The first-order chi connectivity index (χ1) is 7.30. The van der Waals surface area contributed by atoms with Gasteiger partial charge in [0.2, 0.25) is 0 Å². The third-order valence-corrected chi connectivity index (χ3v) is 4.12. The Kier molecular flexibility index (Phi) is 6.64. The molecule has 0 aromatic carbocycles. The molecule has 15 heavy (non-hydrogen) atoms. The van der Waals surface area contributed by atoms with Crippen molar-refractivity contribution in [1.82, 2.24) is 5.32 Å². The van der Waals surface area contributed by atoms with Crippen molar-refractivity contribution in [3.8, 4) is 0 Å². The minimum absolute atomic E-state index is 0.108. The lowest BCUT2D eigenvalue weighted by molar-refractivity contribution is -0.0997. The molecule has 1 N–H and O–H groups in total. The van der Waals surface area contributed by atoms with Crippen LogP contribution >= 0.6 is 11.8 Å². The summed E-state index contributed by atoms with van der Waals surface area (Å²) >= 11 is 2.09. The van der Waals surface area contributed by atoms with Crippen molar-refractivity contribution in [1.29, 1.82) is 0 Å². The molecule has 2 atom stereocenters. The molecule has 0 spiro atoms. The van der Waals surface area contributed by atoms with E-state index in [1.165, 1.54) is 25.0 Å². The molecule has 1 aliphatic rings. The van der Waals surface area contributed by atoms with Gasteiger partial charge in [-0.1, -0.05) is 6.92 Å². The van der Waals surface area contributed by atoms with Crippen molar-refractivity contribution in [2.24, 2.45) is 0 Å². The van der Waals surface area contributed by atoms with Gasteiger partial charge < -0.3 is 14.8 Å². The molecule has 0 saturated heterocycles. The monoisotopic (exact) mass is 233 g/mol. The first-order valence-corrected chi connectivity index (χ1v) is 6.75. The van der Waals surface area contributed by atoms with Gasteiger partial charge in [-0.2, -0.15) is 11.8 Å². The van der Waals surface area contributed by atoms with Crippen LogP contribution in [0.25, 0.3) is 0 Å². The normalized spacial score (nSPS) is 26.4. The molecule has 3 nitrogen and oxygen atoms in total. The zero-order chi connectivity index (χ0) is 11.1. The van der Waals surface area contributed by atoms with Gasteiger partial charge in [0.05, 0.1) is 0 Å². The number of ether oxygens (including phenoxy) is 2. The zero-order valence-electron chi connectivity index (χ0n) is 9.99. The number of rotatable bonds is 7. The van der Waals surface area contributed by atoms with Gasteiger partial charge in [-0.3, -0.25) is 0 Å². The molecule has 1 fully saturated rings. The molecule has 0 heterocycles. The number of thioether (sulfide) groups is 1. The largest absolute Gasteiger partial charge is 0.355 e. The minimum atomic E-state index is -0.108. The molecule has 4 heteroatoms. The van der Waals surface area contributed by atoms with E-state index in [4.69, 9.17) is 9.47 Å². The van der Waals surface area contributed by atoms with E-state index in [0.717, 1.165) is 11.8 Å². The summed E-state index contributed by atoms with van der Waals surface area (Å²) in [6.07, 6.45) is 3.82. The molecule has 0 aromatic heterocycles. The summed E-state index contributed by atoms with van der Waals surface area (Å²) in [6, 6.07) is 0.654. The van der Waals surface area contributed by atoms with Gasteiger partial charge in [0, 0.05) is 32.1 Å². The van der Waals surface area contributed by atoms with E-state index in [2.05, 4.69) is 24.0 Å². The quantitative estimate of drug-likeness (QED) is 0.680. The average molecular weight is 233 g/mol. The van der Waals surface area contributed by atoms with E-state index >= 15 is 0 Å². The van der Waals surface area contributed by atoms with Crippen molar-refractivity contribution in [3.05, 3.63) is 0 Å². The van der Waals surface area contributed by atoms with E-state index in [-0.39, 0.29) is 6.29 Å². The van der Waals surface area contributed by atoms with Crippen LogP contribution in [0.2, 0.25) is 0 Å². The summed E-state index contributed by atoms with van der Waals surface area (Å²) in [7, 11) is 3.36. The van der Waals surface area contributed by atoms with Crippen LogP contribution in [0.1, 0.15) is 26.2 Å². The highest BCUT2D eigenvalue weighted by Crippen LogP contribution is 2.29. The van der Waals surface area contributed by atoms with Gasteiger partial charge in [-0.25, -0.2) is 0 Å². The maximum absolute atomic E-state index is 5.14. The fourth-order valence-electron chi connectivity index (χ4n) is 2.04. The lowest BCUT2D eigenvalue weighted by Gasteiger charge is -2.18. The summed E-state index contributed by atoms with van der Waals surface area (Å²) in [6.45, 7) is 3.03. The Morgan fingerprint density at radius 1 is 1.33 bits per heavy atom. The Hall–Kier alpha value is 0.230. The van der Waals surface area contributed by atoms with Crippen LogP contribution in [-0.4, -0.2) is 44.1 Å². The lowest BCUT2D eigenvalue weighted by Crippen LogP contribution is -2.36. The number of nitrogens with one attached hydrogen (secondary N) is 1. The van der Waals surface area contributed by atoms with Gasteiger partial charge in [0.1, 0.15) is 0 Å². The smallest absolute Gasteiger partial charge is 0.169 e. The lowest BCUT2D eigenvalue weighted by atomic mass is 10.2. The topological polar surface area (TPSA) is 30.5 Å². The standard InChI is InChI=1S/C11H23NO2S/c1-4-15-10-6-5-9(7-10)12-8-11(13-2)14-3/h9-12H,4-8H2,1-3H3. The maximum Gasteiger partial charge on any atom is 0.169 e. The third-order valence-electron chi connectivity index (χ3n) is 2.89. The van der Waals surface area contributed by atoms with Crippen molar-refractivity contribution in [3.63, 3.8) is 0 Å². The summed E-state index contributed by atoms with van der Waals surface area (Å²) in [5, 5.41) is 4.37. The van der Waals surface area contributed by atoms with Crippen molar-refractivity contribution < 1.29 is 9.47 Å². The van der Waals surface area contributed by atoms with Gasteiger partial charge in [0.25, 0.3) is 0 Å². The molecule has 1 saturated carbocycles. The van der Waals surface area contributed by atoms with E-state index in [1.807, 2.05) is 0 Å². The second-order valence-electron chi connectivity index (χ2n) is 3.90. The summed E-state index contributed by atoms with van der Waals surface area (Å²) in [5.41, 5.74) is 0. The SMILES string of the molecule is CCSC1CCC(NCC(OC)OC)C1. The van der Waals surface area contributed by atoms with Crippen LogP contribution in [0.5, 0.6) is 0 Å². The second kappa shape index (κ2) is 7.49. The number of hydrogen-bond acceptors (Lipinski definition) is 4. The molecular formula is C11H23NO2S. The second-order valence-corrected chi connectivity index (χ2v) is 5.47. The van der Waals surface area contributed by atoms with Crippen LogP contribution in [0.15, 0.2) is 0 Å². The first kappa shape index (κ1) is 13.3. The van der Waals surface area contributed by atoms with E-state index in [1.54, 1.807) is 14.2 Å². The molecule has 2 unspecified atom stereocenters. The summed E-state index contributed by atoms with van der Waals surface area (Å²) in [4.78, 5) is 0. The van der Waals surface area contributed by atoms with Crippen LogP contribution in [0, 0.1) is 0 Å². The average Bonchev–Trinajstić information content (AvgIpc) is 2.68. The van der Waals surface area contributed by atoms with Gasteiger partial charge in [-0.15, -0.1) is 0 Å². The van der Waals surface area contributed by atoms with E-state index in [9.17, 15) is 0 Å². The highest BCUT2D eigenvalue weighted by molar-refractivity contribution is 7.99. The molecule has 0 bridgehead atoms. The van der Waals surface area contributed by atoms with Crippen molar-refractivity contribution >= 4 is 11.8 Å². The van der Waals surface area contributed by atoms with E-state index in [0.29, 0.717) is 6.04 Å². The minimum Gasteiger partial charge on any atom is -0.355 e. The highest BCUT2D eigenvalue weighted by atomic mass is 32.2. The highest BCUT2D eigenvalue weighted by Gasteiger charge is 2.24. The molecular weight excluding hydrogens is 210 g/mol. The summed E-state index contributed by atoms with van der Waals surface area (Å²) < 4.78 is 10.3. The van der Waals surface area contributed by atoms with Crippen LogP contribution < -0.4 is 5.32 Å². The Morgan fingerprint density at radius 3 is 2.67 bits per heavy atom. The Morgan fingerprint density at radius 2 is 2.07 bits per heavy atom. The first-order valence-electron chi connectivity index (χ1n) is 5.70. The molecule has 0 amide bonds. The molecule has 0 aromatic rings. The van der Waals surface area contributed by atoms with Gasteiger partial charge in [0.15, 0.2) is 6.29 Å². The maximum atomic E-state index is 5.14. The molecule has 90 valence electrons. The molecule has 1 aliphatic carbocycles. The molecule has 0 radical (unpaired) electrons. The number of hydrogen-bond donors (Lipinski definition) is 1. The van der Waals surface area contributed by atoms with Gasteiger partial charge >= 0.3 is 0 Å².